The minimum absolute atomic E-state index is 1.07. The summed E-state index contributed by atoms with van der Waals surface area (Å²) in [5.41, 5.74) is 3.61. The van der Waals surface area contributed by atoms with E-state index in [1.54, 1.807) is 11.3 Å². The Labute approximate surface area is 121 Å². The van der Waals surface area contributed by atoms with Gasteiger partial charge in [-0.25, -0.2) is 4.98 Å². The van der Waals surface area contributed by atoms with Crippen molar-refractivity contribution in [2.45, 2.75) is 6.92 Å². The predicted octanol–water partition coefficient (Wildman–Crippen LogP) is 5.42. The lowest BCUT2D eigenvalue weighted by Crippen LogP contribution is -1.85. The van der Waals surface area contributed by atoms with E-state index >= 15 is 0 Å². The highest BCUT2D eigenvalue weighted by Gasteiger charge is 2.12. The molecule has 1 nitrogen and oxygen atoms in total. The number of fused-ring (bicyclic) bond motifs is 3. The van der Waals surface area contributed by atoms with Crippen molar-refractivity contribution in [1.29, 1.82) is 0 Å². The van der Waals surface area contributed by atoms with E-state index in [4.69, 9.17) is 4.98 Å². The van der Waals surface area contributed by atoms with Crippen molar-refractivity contribution in [3.8, 4) is 11.1 Å². The third kappa shape index (κ3) is 1.73. The molecule has 20 heavy (non-hydrogen) atoms. The van der Waals surface area contributed by atoms with E-state index in [0.29, 0.717) is 0 Å². The van der Waals surface area contributed by atoms with Crippen molar-refractivity contribution in [3.63, 3.8) is 0 Å². The first-order valence-electron chi connectivity index (χ1n) is 6.67. The summed E-state index contributed by atoms with van der Waals surface area (Å²) in [6, 6.07) is 21.3. The summed E-state index contributed by atoms with van der Waals surface area (Å²) < 4.78 is 1.30. The molecule has 0 aliphatic carbocycles. The summed E-state index contributed by atoms with van der Waals surface area (Å²) >= 11 is 1.77. The molecule has 2 heterocycles. The van der Waals surface area contributed by atoms with Crippen molar-refractivity contribution < 1.29 is 0 Å². The summed E-state index contributed by atoms with van der Waals surface area (Å²) in [5.74, 6) is 0. The monoisotopic (exact) mass is 275 g/mol. The third-order valence-corrected chi connectivity index (χ3v) is 4.63. The van der Waals surface area contributed by atoms with Gasteiger partial charge in [0.1, 0.15) is 4.83 Å². The van der Waals surface area contributed by atoms with Crippen LogP contribution in [0.25, 0.3) is 31.4 Å². The maximum absolute atomic E-state index is 4.72. The summed E-state index contributed by atoms with van der Waals surface area (Å²) in [5, 5.41) is 2.58. The van der Waals surface area contributed by atoms with E-state index in [1.807, 2.05) is 0 Å². The van der Waals surface area contributed by atoms with Gasteiger partial charge in [0.2, 0.25) is 0 Å². The van der Waals surface area contributed by atoms with Gasteiger partial charge in [0.15, 0.2) is 0 Å². The van der Waals surface area contributed by atoms with Gasteiger partial charge in [0.05, 0.1) is 0 Å². The molecule has 96 valence electrons. The topological polar surface area (TPSA) is 12.9 Å². The predicted molar refractivity (Wildman–Crippen MR) is 87.3 cm³/mol. The molecule has 0 atom stereocenters. The average Bonchev–Trinajstić information content (AvgIpc) is 2.85. The Morgan fingerprint density at radius 3 is 2.50 bits per heavy atom. The third-order valence-electron chi connectivity index (χ3n) is 3.56. The number of hydrogen-bond acceptors (Lipinski definition) is 2. The second-order valence-electron chi connectivity index (χ2n) is 4.96. The van der Waals surface area contributed by atoms with Crippen LogP contribution in [-0.4, -0.2) is 4.98 Å². The molecule has 0 radical (unpaired) electrons. The van der Waals surface area contributed by atoms with Crippen LogP contribution >= 0.6 is 11.3 Å². The van der Waals surface area contributed by atoms with Crippen molar-refractivity contribution in [2.75, 3.05) is 0 Å². The minimum atomic E-state index is 1.07. The van der Waals surface area contributed by atoms with Gasteiger partial charge >= 0.3 is 0 Å². The van der Waals surface area contributed by atoms with E-state index in [9.17, 15) is 0 Å². The Morgan fingerprint density at radius 2 is 1.65 bits per heavy atom. The minimum Gasteiger partial charge on any atom is -0.242 e. The normalized spacial score (nSPS) is 11.2. The maximum Gasteiger partial charge on any atom is 0.125 e. The largest absolute Gasteiger partial charge is 0.242 e. The molecule has 2 aromatic heterocycles. The Kier molecular flexibility index (Phi) is 2.57. The van der Waals surface area contributed by atoms with Crippen molar-refractivity contribution in [2.24, 2.45) is 0 Å². The average molecular weight is 275 g/mol. The molecule has 0 fully saturated rings. The van der Waals surface area contributed by atoms with Crippen LogP contribution in [0.5, 0.6) is 0 Å². The zero-order chi connectivity index (χ0) is 13.5. The van der Waals surface area contributed by atoms with Gasteiger partial charge in [0.25, 0.3) is 0 Å². The SMILES string of the molecule is Cc1cc(-c2ccccc2)c2c(n1)sc1ccccc12. The van der Waals surface area contributed by atoms with Crippen LogP contribution in [0, 0.1) is 6.92 Å². The van der Waals surface area contributed by atoms with E-state index in [-0.39, 0.29) is 0 Å². The highest BCUT2D eigenvalue weighted by atomic mass is 32.1. The highest BCUT2D eigenvalue weighted by molar-refractivity contribution is 7.25. The lowest BCUT2D eigenvalue weighted by Gasteiger charge is -2.05. The Bertz CT molecular complexity index is 907. The second-order valence-corrected chi connectivity index (χ2v) is 5.99. The number of aromatic nitrogens is 1. The first kappa shape index (κ1) is 11.6. The van der Waals surface area contributed by atoms with Gasteiger partial charge < -0.3 is 0 Å². The van der Waals surface area contributed by atoms with Crippen LogP contribution in [0.15, 0.2) is 60.7 Å². The van der Waals surface area contributed by atoms with Gasteiger partial charge in [0, 0.05) is 21.2 Å². The lowest BCUT2D eigenvalue weighted by molar-refractivity contribution is 1.27. The first-order chi connectivity index (χ1) is 9.83. The number of aryl methyl sites for hydroxylation is 1. The molecule has 4 rings (SSSR count). The fourth-order valence-corrected chi connectivity index (χ4v) is 3.84. The fourth-order valence-electron chi connectivity index (χ4n) is 2.69. The van der Waals surface area contributed by atoms with Crippen LogP contribution in [0.1, 0.15) is 5.69 Å². The zero-order valence-corrected chi connectivity index (χ0v) is 11.9. The molecule has 4 aromatic rings. The van der Waals surface area contributed by atoms with Gasteiger partial charge in [-0.1, -0.05) is 48.5 Å². The number of hydrogen-bond donors (Lipinski definition) is 0. The molecular formula is C18H13NS. The summed E-state index contributed by atoms with van der Waals surface area (Å²) in [7, 11) is 0. The van der Waals surface area contributed by atoms with Crippen LogP contribution in [-0.2, 0) is 0 Å². The lowest BCUT2D eigenvalue weighted by atomic mass is 10.0. The van der Waals surface area contributed by atoms with Gasteiger partial charge in [-0.15, -0.1) is 11.3 Å². The van der Waals surface area contributed by atoms with Crippen LogP contribution in [0.4, 0.5) is 0 Å². The smallest absolute Gasteiger partial charge is 0.125 e. The van der Waals surface area contributed by atoms with Gasteiger partial charge in [-0.2, -0.15) is 0 Å². The quantitative estimate of drug-likeness (QED) is 0.451. The van der Waals surface area contributed by atoms with E-state index in [0.717, 1.165) is 10.5 Å². The molecule has 0 amide bonds. The zero-order valence-electron chi connectivity index (χ0n) is 11.1. The molecule has 2 heteroatoms. The van der Waals surface area contributed by atoms with Crippen LogP contribution in [0.2, 0.25) is 0 Å². The van der Waals surface area contributed by atoms with E-state index in [2.05, 4.69) is 67.6 Å². The van der Waals surface area contributed by atoms with Crippen LogP contribution < -0.4 is 0 Å². The number of rotatable bonds is 1. The van der Waals surface area contributed by atoms with Crippen molar-refractivity contribution >= 4 is 31.6 Å². The molecule has 0 aliphatic rings. The summed E-state index contributed by atoms with van der Waals surface area (Å²) in [6.07, 6.45) is 0. The molecule has 0 saturated carbocycles. The number of pyridine rings is 1. The number of benzene rings is 2. The molecule has 0 unspecified atom stereocenters. The fraction of sp³-hybridized carbons (Fsp3) is 0.0556. The maximum atomic E-state index is 4.72. The number of thiophene rings is 1. The Morgan fingerprint density at radius 1 is 0.900 bits per heavy atom. The standard InChI is InChI=1S/C18H13NS/c1-12-11-15(13-7-3-2-4-8-13)17-14-9-5-6-10-16(14)20-18(17)19-12/h2-11H,1H3. The molecule has 0 N–H and O–H groups in total. The number of nitrogens with zero attached hydrogens (tertiary/aromatic N) is 1. The molecule has 0 aliphatic heterocycles. The molecule has 0 spiro atoms. The molecular weight excluding hydrogens is 262 g/mol. The van der Waals surface area contributed by atoms with Crippen molar-refractivity contribution in [3.05, 3.63) is 66.4 Å². The van der Waals surface area contributed by atoms with Crippen molar-refractivity contribution in [1.82, 2.24) is 4.98 Å². The van der Waals surface area contributed by atoms with E-state index in [1.165, 1.54) is 26.6 Å². The Hall–Kier alpha value is -2.19. The molecule has 2 aromatic carbocycles. The summed E-state index contributed by atoms with van der Waals surface area (Å²) in [6.45, 7) is 2.07. The second kappa shape index (κ2) is 4.43. The Balaban J connectivity index is 2.19. The van der Waals surface area contributed by atoms with Gasteiger partial charge in [-0.05, 0) is 30.2 Å². The summed E-state index contributed by atoms with van der Waals surface area (Å²) in [4.78, 5) is 5.85. The highest BCUT2D eigenvalue weighted by Crippen LogP contribution is 2.39. The molecule has 0 bridgehead atoms. The molecule has 0 saturated heterocycles. The first-order valence-corrected chi connectivity index (χ1v) is 7.49. The van der Waals surface area contributed by atoms with Crippen LogP contribution in [0.3, 0.4) is 0 Å². The van der Waals surface area contributed by atoms with E-state index < -0.39 is 0 Å². The van der Waals surface area contributed by atoms with Gasteiger partial charge in [-0.3, -0.25) is 0 Å².